The van der Waals surface area contributed by atoms with Crippen molar-refractivity contribution in [2.45, 2.75) is 38.6 Å². The van der Waals surface area contributed by atoms with E-state index in [0.717, 1.165) is 5.69 Å². The van der Waals surface area contributed by atoms with E-state index in [9.17, 15) is 4.39 Å². The van der Waals surface area contributed by atoms with Gasteiger partial charge in [-0.3, -0.25) is 0 Å². The van der Waals surface area contributed by atoms with Gasteiger partial charge in [0.25, 0.3) is 0 Å². The summed E-state index contributed by atoms with van der Waals surface area (Å²) in [6.45, 7) is 4.41. The van der Waals surface area contributed by atoms with Gasteiger partial charge in [-0.15, -0.1) is 0 Å². The quantitative estimate of drug-likeness (QED) is 0.762. The minimum absolute atomic E-state index is 0.171. The van der Waals surface area contributed by atoms with Gasteiger partial charge in [0.1, 0.15) is 5.82 Å². The van der Waals surface area contributed by atoms with E-state index in [-0.39, 0.29) is 11.9 Å². The second-order valence-electron chi connectivity index (χ2n) is 6.29. The first-order valence-electron chi connectivity index (χ1n) is 7.75. The van der Waals surface area contributed by atoms with Crippen LogP contribution in [0.4, 0.5) is 10.1 Å². The van der Waals surface area contributed by atoms with Crippen LogP contribution in [0.25, 0.3) is 0 Å². The van der Waals surface area contributed by atoms with Crippen molar-refractivity contribution in [1.82, 2.24) is 0 Å². The Kier molecular flexibility index (Phi) is 3.96. The summed E-state index contributed by atoms with van der Waals surface area (Å²) in [6, 6.07) is 15.8. The van der Waals surface area contributed by atoms with Crippen molar-refractivity contribution in [3.63, 3.8) is 0 Å². The molecule has 1 saturated carbocycles. The number of anilines is 1. The molecule has 2 aromatic rings. The van der Waals surface area contributed by atoms with Gasteiger partial charge in [-0.25, -0.2) is 4.39 Å². The third kappa shape index (κ3) is 3.44. The number of benzene rings is 2. The molecule has 1 fully saturated rings. The van der Waals surface area contributed by atoms with Crippen molar-refractivity contribution in [1.29, 1.82) is 0 Å². The highest BCUT2D eigenvalue weighted by molar-refractivity contribution is 5.49. The van der Waals surface area contributed by atoms with Gasteiger partial charge < -0.3 is 5.32 Å². The van der Waals surface area contributed by atoms with Crippen LogP contribution in [0.3, 0.4) is 0 Å². The Balaban J connectivity index is 1.82. The minimum atomic E-state index is -0.171. The van der Waals surface area contributed by atoms with Gasteiger partial charge in [-0.05, 0) is 60.1 Å². The van der Waals surface area contributed by atoms with Crippen LogP contribution >= 0.6 is 0 Å². The third-order valence-electron chi connectivity index (χ3n) is 4.20. The summed E-state index contributed by atoms with van der Waals surface area (Å²) in [5, 5.41) is 3.65. The molecule has 0 radical (unpaired) electrons. The largest absolute Gasteiger partial charge is 0.378 e. The van der Waals surface area contributed by atoms with Crippen LogP contribution in [-0.2, 0) is 0 Å². The molecule has 1 unspecified atom stereocenters. The second kappa shape index (κ2) is 5.88. The Morgan fingerprint density at radius 1 is 1.00 bits per heavy atom. The van der Waals surface area contributed by atoms with E-state index in [4.69, 9.17) is 0 Å². The lowest BCUT2D eigenvalue weighted by Gasteiger charge is -2.21. The van der Waals surface area contributed by atoms with E-state index in [0.29, 0.717) is 11.8 Å². The molecule has 1 nitrogen and oxygen atoms in total. The number of rotatable bonds is 5. The molecule has 2 aromatic carbocycles. The Bertz CT molecular complexity index is 599. The molecule has 110 valence electrons. The van der Waals surface area contributed by atoms with Crippen molar-refractivity contribution >= 4 is 5.69 Å². The maximum absolute atomic E-state index is 13.1. The Morgan fingerprint density at radius 2 is 1.71 bits per heavy atom. The zero-order chi connectivity index (χ0) is 14.8. The molecule has 2 heteroatoms. The fraction of sp³-hybridized carbons (Fsp3) is 0.368. The molecule has 0 spiro atoms. The van der Waals surface area contributed by atoms with Gasteiger partial charge >= 0.3 is 0 Å². The van der Waals surface area contributed by atoms with Crippen molar-refractivity contribution < 1.29 is 4.39 Å². The Hall–Kier alpha value is -1.83. The summed E-state index contributed by atoms with van der Waals surface area (Å²) in [5.41, 5.74) is 3.67. The summed E-state index contributed by atoms with van der Waals surface area (Å²) in [4.78, 5) is 0. The Morgan fingerprint density at radius 3 is 2.33 bits per heavy atom. The fourth-order valence-corrected chi connectivity index (χ4v) is 2.74. The van der Waals surface area contributed by atoms with Gasteiger partial charge in [0.05, 0.1) is 6.04 Å². The van der Waals surface area contributed by atoms with E-state index in [2.05, 4.69) is 43.4 Å². The maximum Gasteiger partial charge on any atom is 0.123 e. The molecule has 0 amide bonds. The maximum atomic E-state index is 13.1. The van der Waals surface area contributed by atoms with E-state index < -0.39 is 0 Å². The molecule has 0 bridgehead atoms. The highest BCUT2D eigenvalue weighted by atomic mass is 19.1. The molecule has 0 aromatic heterocycles. The van der Waals surface area contributed by atoms with Crippen molar-refractivity contribution in [2.24, 2.45) is 5.92 Å². The van der Waals surface area contributed by atoms with Gasteiger partial charge in [-0.2, -0.15) is 0 Å². The van der Waals surface area contributed by atoms with Crippen LogP contribution in [0.2, 0.25) is 0 Å². The smallest absolute Gasteiger partial charge is 0.123 e. The SMILES string of the molecule is CC(C)c1cccc(NC(c2ccc(F)cc2)C2CC2)c1. The van der Waals surface area contributed by atoms with Gasteiger partial charge in [-0.1, -0.05) is 38.1 Å². The zero-order valence-corrected chi connectivity index (χ0v) is 12.6. The lowest BCUT2D eigenvalue weighted by Crippen LogP contribution is -2.13. The van der Waals surface area contributed by atoms with E-state index in [1.165, 1.54) is 24.0 Å². The molecule has 1 atom stereocenters. The number of hydrogen-bond donors (Lipinski definition) is 1. The standard InChI is InChI=1S/C19H22FN/c1-13(2)16-4-3-5-18(12-16)21-19(14-6-7-14)15-8-10-17(20)11-9-15/h3-5,8-14,19,21H,6-7H2,1-2H3. The summed E-state index contributed by atoms with van der Waals surface area (Å²) in [6.07, 6.45) is 2.50. The number of hydrogen-bond acceptors (Lipinski definition) is 1. The van der Waals surface area contributed by atoms with Crippen LogP contribution in [0.1, 0.15) is 49.8 Å². The van der Waals surface area contributed by atoms with Gasteiger partial charge in [0, 0.05) is 5.69 Å². The monoisotopic (exact) mass is 283 g/mol. The van der Waals surface area contributed by atoms with Crippen LogP contribution in [0.15, 0.2) is 48.5 Å². The molecule has 21 heavy (non-hydrogen) atoms. The van der Waals surface area contributed by atoms with Crippen LogP contribution < -0.4 is 5.32 Å². The zero-order valence-electron chi connectivity index (χ0n) is 12.6. The summed E-state index contributed by atoms with van der Waals surface area (Å²) in [7, 11) is 0. The van der Waals surface area contributed by atoms with Gasteiger partial charge in [0.2, 0.25) is 0 Å². The molecule has 1 N–H and O–H groups in total. The van der Waals surface area contributed by atoms with Crippen LogP contribution in [-0.4, -0.2) is 0 Å². The molecule has 3 rings (SSSR count). The topological polar surface area (TPSA) is 12.0 Å². The molecule has 0 saturated heterocycles. The van der Waals surface area contributed by atoms with E-state index in [1.54, 1.807) is 12.1 Å². The minimum Gasteiger partial charge on any atom is -0.378 e. The number of nitrogens with one attached hydrogen (secondary N) is 1. The highest BCUT2D eigenvalue weighted by Gasteiger charge is 2.32. The lowest BCUT2D eigenvalue weighted by atomic mass is 10.00. The van der Waals surface area contributed by atoms with Crippen LogP contribution in [0.5, 0.6) is 0 Å². The Labute approximate surface area is 126 Å². The lowest BCUT2D eigenvalue weighted by molar-refractivity contribution is 0.622. The second-order valence-corrected chi connectivity index (χ2v) is 6.29. The summed E-state index contributed by atoms with van der Waals surface area (Å²) in [5.74, 6) is 1.02. The first-order chi connectivity index (χ1) is 10.1. The molecule has 1 aliphatic carbocycles. The molecule has 0 heterocycles. The molecule has 1 aliphatic rings. The predicted octanol–water partition coefficient (Wildman–Crippen LogP) is 5.51. The summed E-state index contributed by atoms with van der Waals surface area (Å²) < 4.78 is 13.1. The van der Waals surface area contributed by atoms with Crippen LogP contribution in [0, 0.1) is 11.7 Å². The van der Waals surface area contributed by atoms with Crippen molar-refractivity contribution in [3.05, 3.63) is 65.5 Å². The first kappa shape index (κ1) is 14.1. The highest BCUT2D eigenvalue weighted by Crippen LogP contribution is 2.43. The van der Waals surface area contributed by atoms with E-state index in [1.807, 2.05) is 12.1 Å². The average molecular weight is 283 g/mol. The fourth-order valence-electron chi connectivity index (χ4n) is 2.74. The molecular weight excluding hydrogens is 261 g/mol. The molecular formula is C19H22FN. The summed E-state index contributed by atoms with van der Waals surface area (Å²) >= 11 is 0. The van der Waals surface area contributed by atoms with Crippen molar-refractivity contribution in [2.75, 3.05) is 5.32 Å². The van der Waals surface area contributed by atoms with E-state index >= 15 is 0 Å². The van der Waals surface area contributed by atoms with Gasteiger partial charge in [0.15, 0.2) is 0 Å². The normalized spacial score (nSPS) is 16.0. The number of halogens is 1. The molecule has 0 aliphatic heterocycles. The first-order valence-corrected chi connectivity index (χ1v) is 7.75. The third-order valence-corrected chi connectivity index (χ3v) is 4.20. The van der Waals surface area contributed by atoms with Crippen molar-refractivity contribution in [3.8, 4) is 0 Å². The average Bonchev–Trinajstić information content (AvgIpc) is 3.31. The predicted molar refractivity (Wildman–Crippen MR) is 86.0 cm³/mol.